The van der Waals surface area contributed by atoms with E-state index in [1.165, 1.54) is 0 Å². The summed E-state index contributed by atoms with van der Waals surface area (Å²) in [5.41, 5.74) is 1.19. The van der Waals surface area contributed by atoms with Crippen LogP contribution in [0.2, 0.25) is 0 Å². The average Bonchev–Trinajstić information content (AvgIpc) is 2.52. The summed E-state index contributed by atoms with van der Waals surface area (Å²) in [6, 6.07) is 8.80. The minimum atomic E-state index is -0.878. The predicted molar refractivity (Wildman–Crippen MR) is 103 cm³/mol. The lowest BCUT2D eigenvalue weighted by Crippen LogP contribution is -2.49. The van der Waals surface area contributed by atoms with Gasteiger partial charge >= 0.3 is 6.09 Å². The molecule has 0 saturated carbocycles. The molecule has 0 bridgehead atoms. The smallest absolute Gasteiger partial charge is 0.409 e. The van der Waals surface area contributed by atoms with Gasteiger partial charge in [0.25, 0.3) is 5.91 Å². The molecule has 8 heteroatoms. The molecule has 0 radical (unpaired) electrons. The van der Waals surface area contributed by atoms with Crippen LogP contribution in [0.5, 0.6) is 0 Å². The summed E-state index contributed by atoms with van der Waals surface area (Å²) in [7, 11) is 0. The molecule has 7 nitrogen and oxygen atoms in total. The highest BCUT2D eigenvalue weighted by Gasteiger charge is 2.26. The molecule has 154 valence electrons. The maximum Gasteiger partial charge on any atom is 0.409 e. The van der Waals surface area contributed by atoms with Crippen LogP contribution in [0, 0.1) is 0 Å². The normalized spacial score (nSPS) is 12.3. The summed E-state index contributed by atoms with van der Waals surface area (Å²) in [6.07, 6.45) is -0.501. The Kier molecular flexibility index (Phi) is 10.6. The van der Waals surface area contributed by atoms with Gasteiger partial charge in [0.15, 0.2) is 0 Å². The molecule has 0 aliphatic carbocycles. The zero-order chi connectivity index (χ0) is 21.1. The van der Waals surface area contributed by atoms with Crippen molar-refractivity contribution in [3.05, 3.63) is 35.9 Å². The van der Waals surface area contributed by atoms with Crippen LogP contribution in [-0.2, 0) is 9.47 Å². The van der Waals surface area contributed by atoms with Crippen molar-refractivity contribution in [2.24, 2.45) is 5.84 Å². The summed E-state index contributed by atoms with van der Waals surface area (Å²) < 4.78 is 22.7. The zero-order valence-corrected chi connectivity index (χ0v) is 17.0. The fourth-order valence-corrected chi connectivity index (χ4v) is 1.97. The summed E-state index contributed by atoms with van der Waals surface area (Å²) >= 11 is 0. The van der Waals surface area contributed by atoms with Crippen molar-refractivity contribution < 1.29 is 23.5 Å². The minimum Gasteiger partial charge on any atom is -0.444 e. The molecule has 0 aliphatic heterocycles. The van der Waals surface area contributed by atoms with Crippen LogP contribution in [0.4, 0.5) is 9.18 Å². The molecule has 0 heterocycles. The van der Waals surface area contributed by atoms with Gasteiger partial charge in [0, 0.05) is 12.0 Å². The lowest BCUT2D eigenvalue weighted by Gasteiger charge is -2.31. The van der Waals surface area contributed by atoms with E-state index in [2.05, 4.69) is 5.32 Å². The Labute approximate surface area is 160 Å². The number of alkyl carbamates (subject to hydrolysis) is 1. The molecule has 1 atom stereocenters. The van der Waals surface area contributed by atoms with Crippen LogP contribution in [0.3, 0.4) is 0 Å². The number of ether oxygens (including phenoxy) is 2. The van der Waals surface area contributed by atoms with Gasteiger partial charge in [0.2, 0.25) is 0 Å². The summed E-state index contributed by atoms with van der Waals surface area (Å²) in [6.45, 7) is 10.1. The first kappa shape index (κ1) is 24.8. The van der Waals surface area contributed by atoms with Crippen molar-refractivity contribution in [3.8, 4) is 0 Å². The van der Waals surface area contributed by atoms with Gasteiger partial charge in [0.1, 0.15) is 11.3 Å². The van der Waals surface area contributed by atoms with Gasteiger partial charge in [-0.25, -0.2) is 10.6 Å². The van der Waals surface area contributed by atoms with E-state index in [1.54, 1.807) is 65.8 Å². The maximum absolute atomic E-state index is 12.1. The summed E-state index contributed by atoms with van der Waals surface area (Å²) in [5, 5.41) is 2.60. The lowest BCUT2D eigenvalue weighted by molar-refractivity contribution is -0.0885. The van der Waals surface area contributed by atoms with E-state index < -0.39 is 24.1 Å². The highest BCUT2D eigenvalue weighted by Crippen LogP contribution is 2.13. The molecule has 27 heavy (non-hydrogen) atoms. The molecule has 0 fully saturated rings. The standard InChI is InChI=1S/C12H24FNO3.C7H8N2O/c1-9(7-8-13)16-12(5,6)14-10(15)17-11(2,3)4;8-9-7(10)6-4-2-1-3-5-6/h9H,7-8H2,1-6H3,(H,14,15);1-5H,8H2,(H,9,10). The van der Waals surface area contributed by atoms with Gasteiger partial charge in [0.05, 0.1) is 12.8 Å². The Morgan fingerprint density at radius 2 is 1.70 bits per heavy atom. The van der Waals surface area contributed by atoms with Crippen molar-refractivity contribution in [1.29, 1.82) is 0 Å². The Balaban J connectivity index is 0.000000569. The maximum atomic E-state index is 12.1. The number of amides is 2. The number of carbonyl (C=O) groups is 2. The molecule has 0 spiro atoms. The topological polar surface area (TPSA) is 103 Å². The molecule has 0 aliphatic rings. The van der Waals surface area contributed by atoms with Crippen LogP contribution >= 0.6 is 0 Å². The van der Waals surface area contributed by atoms with E-state index >= 15 is 0 Å². The van der Waals surface area contributed by atoms with Crippen LogP contribution in [0.1, 0.15) is 58.3 Å². The van der Waals surface area contributed by atoms with Gasteiger partial charge in [-0.1, -0.05) is 18.2 Å². The van der Waals surface area contributed by atoms with Crippen molar-refractivity contribution in [3.63, 3.8) is 0 Å². The largest absolute Gasteiger partial charge is 0.444 e. The first-order chi connectivity index (χ1) is 12.4. The Morgan fingerprint density at radius 1 is 1.15 bits per heavy atom. The molecular formula is C19H32FN3O4. The first-order valence-corrected chi connectivity index (χ1v) is 8.71. The molecule has 1 unspecified atom stereocenters. The highest BCUT2D eigenvalue weighted by molar-refractivity contribution is 5.93. The monoisotopic (exact) mass is 385 g/mol. The van der Waals surface area contributed by atoms with Crippen LogP contribution in [0.25, 0.3) is 0 Å². The lowest BCUT2D eigenvalue weighted by atomic mass is 10.2. The molecule has 1 rings (SSSR count). The molecule has 0 saturated heterocycles. The van der Waals surface area contributed by atoms with Crippen molar-refractivity contribution in [2.45, 2.75) is 65.4 Å². The van der Waals surface area contributed by atoms with E-state index in [4.69, 9.17) is 15.3 Å². The molecular weight excluding hydrogens is 353 g/mol. The highest BCUT2D eigenvalue weighted by atomic mass is 19.1. The van der Waals surface area contributed by atoms with Crippen LogP contribution < -0.4 is 16.6 Å². The number of carbonyl (C=O) groups excluding carboxylic acids is 2. The van der Waals surface area contributed by atoms with E-state index in [1.807, 2.05) is 11.5 Å². The third kappa shape index (κ3) is 12.7. The van der Waals surface area contributed by atoms with Crippen molar-refractivity contribution in [2.75, 3.05) is 6.67 Å². The van der Waals surface area contributed by atoms with E-state index in [-0.39, 0.29) is 12.0 Å². The number of hydrogen-bond donors (Lipinski definition) is 3. The fourth-order valence-electron chi connectivity index (χ4n) is 1.97. The number of halogens is 1. The number of benzene rings is 1. The number of hydrazine groups is 1. The molecule has 0 aromatic heterocycles. The second-order valence-electron chi connectivity index (χ2n) is 7.38. The third-order valence-corrected chi connectivity index (χ3v) is 2.98. The van der Waals surface area contributed by atoms with Gasteiger partial charge in [-0.3, -0.25) is 19.9 Å². The van der Waals surface area contributed by atoms with Crippen LogP contribution in [-0.4, -0.2) is 36.1 Å². The fraction of sp³-hybridized carbons (Fsp3) is 0.579. The quantitative estimate of drug-likeness (QED) is 0.302. The van der Waals surface area contributed by atoms with E-state index in [0.29, 0.717) is 12.0 Å². The molecule has 1 aromatic carbocycles. The number of nitrogen functional groups attached to an aromatic ring is 1. The van der Waals surface area contributed by atoms with Gasteiger partial charge in [-0.2, -0.15) is 0 Å². The third-order valence-electron chi connectivity index (χ3n) is 2.98. The van der Waals surface area contributed by atoms with Crippen LogP contribution in [0.15, 0.2) is 30.3 Å². The number of nitrogens with two attached hydrogens (primary N) is 1. The zero-order valence-electron chi connectivity index (χ0n) is 17.0. The summed E-state index contributed by atoms with van der Waals surface area (Å²) in [5.74, 6) is 4.64. The number of rotatable bonds is 6. The van der Waals surface area contributed by atoms with Gasteiger partial charge in [-0.05, 0) is 53.7 Å². The molecule has 2 amide bonds. The second-order valence-corrected chi connectivity index (χ2v) is 7.38. The second kappa shape index (κ2) is 11.5. The number of alkyl halides is 1. The van der Waals surface area contributed by atoms with Crippen molar-refractivity contribution >= 4 is 12.0 Å². The SMILES string of the molecule is CC(CCF)OC(C)(C)NC(=O)OC(C)(C)C.NNC(=O)c1ccccc1. The van der Waals surface area contributed by atoms with Crippen molar-refractivity contribution in [1.82, 2.24) is 10.7 Å². The predicted octanol–water partition coefficient (Wildman–Crippen LogP) is 3.30. The van der Waals surface area contributed by atoms with E-state index in [9.17, 15) is 14.0 Å². The minimum absolute atomic E-state index is 0.259. The average molecular weight is 385 g/mol. The number of hydrogen-bond acceptors (Lipinski definition) is 5. The van der Waals surface area contributed by atoms with Gasteiger partial charge < -0.3 is 9.47 Å². The summed E-state index contributed by atoms with van der Waals surface area (Å²) in [4.78, 5) is 22.3. The Morgan fingerprint density at radius 3 is 2.15 bits per heavy atom. The Bertz CT molecular complexity index is 574. The molecule has 1 aromatic rings. The molecule has 4 N–H and O–H groups in total. The Hall–Kier alpha value is -2.19. The number of nitrogens with one attached hydrogen (secondary N) is 2. The van der Waals surface area contributed by atoms with Gasteiger partial charge in [-0.15, -0.1) is 0 Å². The first-order valence-electron chi connectivity index (χ1n) is 8.71. The van der Waals surface area contributed by atoms with E-state index in [0.717, 1.165) is 0 Å².